The highest BCUT2D eigenvalue weighted by Gasteiger charge is 2.45. The van der Waals surface area contributed by atoms with Crippen molar-refractivity contribution in [3.63, 3.8) is 0 Å². The van der Waals surface area contributed by atoms with Gasteiger partial charge in [0.2, 0.25) is 5.95 Å². The molecular formula is C22H29N5O. The number of likely N-dealkylation sites (tertiary alicyclic amines) is 1. The third-order valence-corrected chi connectivity index (χ3v) is 6.12. The van der Waals surface area contributed by atoms with Crippen LogP contribution in [0.5, 0.6) is 0 Å². The molecule has 2 heterocycles. The van der Waals surface area contributed by atoms with Gasteiger partial charge >= 0.3 is 0 Å². The summed E-state index contributed by atoms with van der Waals surface area (Å²) in [5, 5.41) is 0. The van der Waals surface area contributed by atoms with Crippen LogP contribution < -0.4 is 9.80 Å². The van der Waals surface area contributed by atoms with Gasteiger partial charge in [-0.25, -0.2) is 9.97 Å². The predicted molar refractivity (Wildman–Crippen MR) is 112 cm³/mol. The molecule has 6 heteroatoms. The van der Waals surface area contributed by atoms with Gasteiger partial charge in [-0.2, -0.15) is 0 Å². The maximum atomic E-state index is 13.2. The summed E-state index contributed by atoms with van der Waals surface area (Å²) in [5.74, 6) is 0.877. The Bertz CT molecular complexity index is 873. The highest BCUT2D eigenvalue weighted by molar-refractivity contribution is 5.94. The molecule has 28 heavy (non-hydrogen) atoms. The number of piperidine rings is 1. The molecule has 1 aliphatic heterocycles. The Balaban J connectivity index is 1.59. The van der Waals surface area contributed by atoms with Crippen LogP contribution in [-0.4, -0.2) is 62.1 Å². The monoisotopic (exact) mass is 379 g/mol. The van der Waals surface area contributed by atoms with Crippen molar-refractivity contribution >= 4 is 17.5 Å². The molecule has 0 N–H and O–H groups in total. The van der Waals surface area contributed by atoms with E-state index in [-0.39, 0.29) is 11.3 Å². The number of nitrogens with zero attached hydrogens (tertiary/aromatic N) is 5. The van der Waals surface area contributed by atoms with E-state index in [2.05, 4.69) is 4.98 Å². The molecule has 1 fully saturated rings. The first-order valence-corrected chi connectivity index (χ1v) is 10.00. The molecule has 2 aliphatic rings. The van der Waals surface area contributed by atoms with Crippen molar-refractivity contribution in [2.24, 2.45) is 0 Å². The molecule has 0 radical (unpaired) electrons. The van der Waals surface area contributed by atoms with Crippen molar-refractivity contribution in [1.82, 2.24) is 14.9 Å². The zero-order valence-electron chi connectivity index (χ0n) is 17.3. The lowest BCUT2D eigenvalue weighted by molar-refractivity contribution is 0.0633. The lowest BCUT2D eigenvalue weighted by Crippen LogP contribution is -2.48. The van der Waals surface area contributed by atoms with Crippen LogP contribution in [0.15, 0.2) is 30.5 Å². The SMILES string of the molecule is CN(C)c1ccc(C(=O)N2CCCC3(CCc4cnc(N(C)C)nc43)C2)cc1. The molecule has 1 spiro atoms. The van der Waals surface area contributed by atoms with Gasteiger partial charge in [-0.15, -0.1) is 0 Å². The Morgan fingerprint density at radius 3 is 2.50 bits per heavy atom. The normalized spacial score (nSPS) is 20.9. The van der Waals surface area contributed by atoms with E-state index in [9.17, 15) is 4.79 Å². The van der Waals surface area contributed by atoms with Crippen molar-refractivity contribution in [2.45, 2.75) is 31.1 Å². The van der Waals surface area contributed by atoms with Crippen LogP contribution in [0.2, 0.25) is 0 Å². The number of aromatic nitrogens is 2. The fourth-order valence-corrected chi connectivity index (χ4v) is 4.53. The minimum Gasteiger partial charge on any atom is -0.378 e. The smallest absolute Gasteiger partial charge is 0.253 e. The topological polar surface area (TPSA) is 52.6 Å². The second kappa shape index (κ2) is 7.08. The number of anilines is 2. The molecule has 6 nitrogen and oxygen atoms in total. The van der Waals surface area contributed by atoms with E-state index < -0.39 is 0 Å². The van der Waals surface area contributed by atoms with E-state index >= 15 is 0 Å². The first-order valence-electron chi connectivity index (χ1n) is 10.00. The van der Waals surface area contributed by atoms with Crippen LogP contribution >= 0.6 is 0 Å². The molecule has 1 saturated heterocycles. The Labute approximate surface area is 167 Å². The molecule has 1 aromatic carbocycles. The summed E-state index contributed by atoms with van der Waals surface area (Å²) in [5.41, 5.74) is 4.24. The summed E-state index contributed by atoms with van der Waals surface area (Å²) < 4.78 is 0. The Hall–Kier alpha value is -2.63. The van der Waals surface area contributed by atoms with Crippen LogP contribution in [0.4, 0.5) is 11.6 Å². The summed E-state index contributed by atoms with van der Waals surface area (Å²) in [6, 6.07) is 7.89. The molecule has 1 unspecified atom stereocenters. The molecule has 1 aromatic heterocycles. The second-order valence-electron chi connectivity index (χ2n) is 8.49. The van der Waals surface area contributed by atoms with Gasteiger partial charge < -0.3 is 14.7 Å². The van der Waals surface area contributed by atoms with Gasteiger partial charge in [0, 0.05) is 64.1 Å². The number of aryl methyl sites for hydroxylation is 1. The highest BCUT2D eigenvalue weighted by Crippen LogP contribution is 2.44. The molecule has 1 amide bonds. The largest absolute Gasteiger partial charge is 0.378 e. The lowest BCUT2D eigenvalue weighted by Gasteiger charge is -2.40. The zero-order chi connectivity index (χ0) is 19.9. The van der Waals surface area contributed by atoms with Crippen molar-refractivity contribution in [1.29, 1.82) is 0 Å². The van der Waals surface area contributed by atoms with E-state index in [0.717, 1.165) is 61.7 Å². The summed E-state index contributed by atoms with van der Waals surface area (Å²) in [6.07, 6.45) is 6.14. The van der Waals surface area contributed by atoms with E-state index in [1.165, 1.54) is 5.56 Å². The highest BCUT2D eigenvalue weighted by atomic mass is 16.2. The maximum Gasteiger partial charge on any atom is 0.253 e. The predicted octanol–water partition coefficient (Wildman–Crippen LogP) is 2.73. The van der Waals surface area contributed by atoms with E-state index in [1.807, 2.05) is 73.4 Å². The molecule has 148 valence electrons. The van der Waals surface area contributed by atoms with Crippen LogP contribution in [-0.2, 0) is 11.8 Å². The van der Waals surface area contributed by atoms with Gasteiger partial charge in [0.25, 0.3) is 5.91 Å². The molecule has 0 bridgehead atoms. The number of hydrogen-bond donors (Lipinski definition) is 0. The number of rotatable bonds is 3. The number of amides is 1. The van der Waals surface area contributed by atoms with E-state index in [4.69, 9.17) is 4.98 Å². The van der Waals surface area contributed by atoms with Crippen LogP contribution in [0, 0.1) is 0 Å². The molecule has 1 aliphatic carbocycles. The van der Waals surface area contributed by atoms with Gasteiger partial charge in [-0.05, 0) is 55.5 Å². The Morgan fingerprint density at radius 1 is 1.07 bits per heavy atom. The van der Waals surface area contributed by atoms with Crippen LogP contribution in [0.25, 0.3) is 0 Å². The quantitative estimate of drug-likeness (QED) is 0.821. The first-order chi connectivity index (χ1) is 13.4. The summed E-state index contributed by atoms with van der Waals surface area (Å²) >= 11 is 0. The average Bonchev–Trinajstić information content (AvgIpc) is 3.04. The molecule has 2 aromatic rings. The summed E-state index contributed by atoms with van der Waals surface area (Å²) in [4.78, 5) is 28.6. The Kier molecular flexibility index (Phi) is 4.73. The number of carbonyl (C=O) groups excluding carboxylic acids is 1. The fraction of sp³-hybridized carbons (Fsp3) is 0.500. The Morgan fingerprint density at radius 2 is 1.82 bits per heavy atom. The number of benzene rings is 1. The van der Waals surface area contributed by atoms with Crippen molar-refractivity contribution < 1.29 is 4.79 Å². The molecular weight excluding hydrogens is 350 g/mol. The first kappa shape index (κ1) is 18.7. The van der Waals surface area contributed by atoms with E-state index in [0.29, 0.717) is 0 Å². The van der Waals surface area contributed by atoms with Gasteiger partial charge in [0.1, 0.15) is 0 Å². The van der Waals surface area contributed by atoms with Gasteiger partial charge in [-0.1, -0.05) is 0 Å². The molecule has 4 rings (SSSR count). The standard InChI is InChI=1S/C22H29N5O/c1-25(2)18-8-6-16(7-9-18)20(28)27-13-5-11-22(15-27)12-10-17-14-23-21(26(3)4)24-19(17)22/h6-9,14H,5,10-13,15H2,1-4H3. The summed E-state index contributed by atoms with van der Waals surface area (Å²) in [7, 11) is 7.95. The van der Waals surface area contributed by atoms with Gasteiger partial charge in [0.15, 0.2) is 0 Å². The number of hydrogen-bond acceptors (Lipinski definition) is 5. The van der Waals surface area contributed by atoms with Crippen LogP contribution in [0.1, 0.15) is 40.9 Å². The number of carbonyl (C=O) groups is 1. The maximum absolute atomic E-state index is 13.2. The van der Waals surface area contributed by atoms with E-state index in [1.54, 1.807) is 0 Å². The molecule has 1 atom stereocenters. The van der Waals surface area contributed by atoms with Crippen molar-refractivity contribution in [2.75, 3.05) is 51.1 Å². The van der Waals surface area contributed by atoms with Crippen molar-refractivity contribution in [3.05, 3.63) is 47.3 Å². The second-order valence-corrected chi connectivity index (χ2v) is 8.49. The fourth-order valence-electron chi connectivity index (χ4n) is 4.53. The van der Waals surface area contributed by atoms with Gasteiger partial charge in [0.05, 0.1) is 5.69 Å². The molecule has 0 saturated carbocycles. The zero-order valence-corrected chi connectivity index (χ0v) is 17.3. The minimum atomic E-state index is -0.0273. The lowest BCUT2D eigenvalue weighted by atomic mass is 9.77. The van der Waals surface area contributed by atoms with Crippen LogP contribution in [0.3, 0.4) is 0 Å². The van der Waals surface area contributed by atoms with Crippen molar-refractivity contribution in [3.8, 4) is 0 Å². The third kappa shape index (κ3) is 3.21. The average molecular weight is 380 g/mol. The third-order valence-electron chi connectivity index (χ3n) is 6.12. The minimum absolute atomic E-state index is 0.0273. The number of fused-ring (bicyclic) bond motifs is 2. The summed E-state index contributed by atoms with van der Waals surface area (Å²) in [6.45, 7) is 1.56. The van der Waals surface area contributed by atoms with Gasteiger partial charge in [-0.3, -0.25) is 4.79 Å².